The van der Waals surface area contributed by atoms with Gasteiger partial charge in [-0.25, -0.2) is 19.0 Å². The van der Waals surface area contributed by atoms with E-state index in [4.69, 9.17) is 0 Å². The zero-order valence-corrected chi connectivity index (χ0v) is 19.4. The van der Waals surface area contributed by atoms with Crippen molar-refractivity contribution in [2.75, 3.05) is 6.54 Å². The summed E-state index contributed by atoms with van der Waals surface area (Å²) in [5.41, 5.74) is 0.831. The van der Waals surface area contributed by atoms with Gasteiger partial charge >= 0.3 is 0 Å². The molecule has 0 fully saturated rings. The third kappa shape index (κ3) is 5.87. The Labute approximate surface area is 184 Å². The quantitative estimate of drug-likeness (QED) is 0.340. The summed E-state index contributed by atoms with van der Waals surface area (Å²) in [6.07, 6.45) is 2.74. The number of nitrogens with zero attached hydrogens (tertiary/aromatic N) is 4. The summed E-state index contributed by atoms with van der Waals surface area (Å²) >= 11 is 3.17. The van der Waals surface area contributed by atoms with Crippen molar-refractivity contribution in [1.82, 2.24) is 25.4 Å². The lowest BCUT2D eigenvalue weighted by Gasteiger charge is -2.25. The van der Waals surface area contributed by atoms with Gasteiger partial charge in [0.2, 0.25) is 0 Å². The first-order valence-electron chi connectivity index (χ1n) is 9.00. The number of aryl methyl sites for hydroxylation is 2. The van der Waals surface area contributed by atoms with Gasteiger partial charge in [-0.3, -0.25) is 0 Å². The molecule has 2 heterocycles. The number of guanidine groups is 1. The van der Waals surface area contributed by atoms with Crippen molar-refractivity contribution in [2.24, 2.45) is 4.99 Å². The van der Waals surface area contributed by atoms with Gasteiger partial charge in [-0.15, -0.1) is 24.0 Å². The van der Waals surface area contributed by atoms with Crippen LogP contribution in [0, 0.1) is 5.82 Å². The van der Waals surface area contributed by atoms with Crippen molar-refractivity contribution in [3.8, 4) is 0 Å². The monoisotopic (exact) mass is 550 g/mol. The third-order valence-corrected chi connectivity index (χ3v) is 4.95. The fourth-order valence-electron chi connectivity index (χ4n) is 2.95. The highest BCUT2D eigenvalue weighted by Gasteiger charge is 2.22. The van der Waals surface area contributed by atoms with Gasteiger partial charge in [0.05, 0.1) is 17.6 Å². The highest BCUT2D eigenvalue weighted by Crippen LogP contribution is 2.17. The van der Waals surface area contributed by atoms with Crippen molar-refractivity contribution >= 4 is 45.9 Å². The first-order valence-corrected chi connectivity index (χ1v) is 9.79. The fourth-order valence-corrected chi connectivity index (χ4v) is 3.20. The number of aromatic nitrogens is 3. The average Bonchev–Trinajstić information content (AvgIpc) is 3.05. The van der Waals surface area contributed by atoms with E-state index in [0.29, 0.717) is 11.0 Å². The number of benzene rings is 1. The predicted molar refractivity (Wildman–Crippen MR) is 119 cm³/mol. The maximum Gasteiger partial charge on any atom is 0.191 e. The molecule has 0 radical (unpaired) electrons. The second-order valence-electron chi connectivity index (χ2n) is 6.30. The molecule has 148 valence electrons. The molecule has 0 amide bonds. The van der Waals surface area contributed by atoms with Gasteiger partial charge in [-0.2, -0.15) is 5.10 Å². The Morgan fingerprint density at radius 2 is 2.22 bits per heavy atom. The molecule has 0 aliphatic carbocycles. The number of rotatable bonds is 5. The minimum absolute atomic E-state index is 0. The van der Waals surface area contributed by atoms with E-state index in [1.54, 1.807) is 6.07 Å². The van der Waals surface area contributed by atoms with Gasteiger partial charge in [0.25, 0.3) is 0 Å². The lowest BCUT2D eigenvalue weighted by molar-refractivity contribution is 0.392. The van der Waals surface area contributed by atoms with Gasteiger partial charge in [-0.1, -0.05) is 13.0 Å². The van der Waals surface area contributed by atoms with Gasteiger partial charge in [0, 0.05) is 25.4 Å². The molecule has 1 unspecified atom stereocenters. The maximum atomic E-state index is 13.7. The average molecular weight is 551 g/mol. The van der Waals surface area contributed by atoms with Crippen LogP contribution in [-0.4, -0.2) is 33.3 Å². The van der Waals surface area contributed by atoms with Crippen molar-refractivity contribution < 1.29 is 4.39 Å². The van der Waals surface area contributed by atoms with Crippen LogP contribution in [0.5, 0.6) is 0 Å². The molecule has 27 heavy (non-hydrogen) atoms. The molecule has 0 saturated heterocycles. The van der Waals surface area contributed by atoms with E-state index in [0.717, 1.165) is 55.5 Å². The lowest BCUT2D eigenvalue weighted by atomic mass is 10.1. The summed E-state index contributed by atoms with van der Waals surface area (Å²) in [7, 11) is 0. The van der Waals surface area contributed by atoms with Crippen molar-refractivity contribution in [2.45, 2.75) is 52.2 Å². The van der Waals surface area contributed by atoms with Crippen LogP contribution < -0.4 is 10.6 Å². The molecule has 1 aliphatic heterocycles. The second kappa shape index (κ2) is 10.4. The van der Waals surface area contributed by atoms with E-state index in [-0.39, 0.29) is 35.8 Å². The maximum absolute atomic E-state index is 13.7. The standard InChI is InChI=1S/C18H24BrFN6.HI/c1-3-16-24-17-8-6-13(11-26(17)25-16)23-18(21-4-2)22-10-12-5-7-14(19)15(20)9-12;/h5,7,9,13H,3-4,6,8,10-11H2,1-2H3,(H2,21,22,23);1H. The molecule has 2 N–H and O–H groups in total. The van der Waals surface area contributed by atoms with Gasteiger partial charge in [0.1, 0.15) is 11.6 Å². The lowest BCUT2D eigenvalue weighted by Crippen LogP contribution is -2.47. The van der Waals surface area contributed by atoms with Crippen LogP contribution in [-0.2, 0) is 25.9 Å². The predicted octanol–water partition coefficient (Wildman–Crippen LogP) is 3.43. The number of nitrogens with one attached hydrogen (secondary N) is 2. The van der Waals surface area contributed by atoms with Crippen LogP contribution in [0.2, 0.25) is 0 Å². The Morgan fingerprint density at radius 3 is 2.93 bits per heavy atom. The van der Waals surface area contributed by atoms with Crippen molar-refractivity contribution in [1.29, 1.82) is 0 Å². The highest BCUT2D eigenvalue weighted by molar-refractivity contribution is 14.0. The SMILES string of the molecule is CCNC(=NCc1ccc(Br)c(F)c1)NC1CCc2nc(CC)nn2C1.I. The number of aliphatic imine (C=N–C) groups is 1. The fraction of sp³-hybridized carbons (Fsp3) is 0.500. The second-order valence-corrected chi connectivity index (χ2v) is 7.16. The Kier molecular flexibility index (Phi) is 8.46. The first kappa shape index (κ1) is 22.1. The van der Waals surface area contributed by atoms with E-state index in [9.17, 15) is 4.39 Å². The number of fused-ring (bicyclic) bond motifs is 1. The largest absolute Gasteiger partial charge is 0.357 e. The molecular weight excluding hydrogens is 526 g/mol. The molecule has 0 saturated carbocycles. The molecule has 0 bridgehead atoms. The van der Waals surface area contributed by atoms with Crippen molar-refractivity contribution in [3.63, 3.8) is 0 Å². The molecule has 6 nitrogen and oxygen atoms in total. The smallest absolute Gasteiger partial charge is 0.191 e. The van der Waals surface area contributed by atoms with Crippen LogP contribution in [0.25, 0.3) is 0 Å². The van der Waals surface area contributed by atoms with E-state index >= 15 is 0 Å². The highest BCUT2D eigenvalue weighted by atomic mass is 127. The van der Waals surface area contributed by atoms with Crippen LogP contribution in [0.1, 0.15) is 37.5 Å². The molecule has 1 aromatic heterocycles. The Hall–Kier alpha value is -1.23. The molecule has 0 spiro atoms. The molecule has 2 aromatic rings. The summed E-state index contributed by atoms with van der Waals surface area (Å²) in [6.45, 7) is 6.06. The third-order valence-electron chi connectivity index (χ3n) is 4.31. The zero-order chi connectivity index (χ0) is 18.5. The summed E-state index contributed by atoms with van der Waals surface area (Å²) in [5, 5.41) is 11.3. The normalized spacial score (nSPS) is 16.4. The van der Waals surface area contributed by atoms with Gasteiger partial charge in [0.15, 0.2) is 11.8 Å². The molecular formula is C18H25BrFIN6. The Balaban J connectivity index is 0.00000261. The van der Waals surface area contributed by atoms with Gasteiger partial charge < -0.3 is 10.6 Å². The van der Waals surface area contributed by atoms with Crippen LogP contribution in [0.4, 0.5) is 4.39 Å². The van der Waals surface area contributed by atoms with Gasteiger partial charge in [-0.05, 0) is 47.0 Å². The number of hydrogen-bond donors (Lipinski definition) is 2. The summed E-state index contributed by atoms with van der Waals surface area (Å²) in [4.78, 5) is 9.14. The van der Waals surface area contributed by atoms with Crippen LogP contribution in [0.3, 0.4) is 0 Å². The zero-order valence-electron chi connectivity index (χ0n) is 15.5. The Morgan fingerprint density at radius 1 is 1.41 bits per heavy atom. The van der Waals surface area contributed by atoms with E-state index < -0.39 is 0 Å². The molecule has 1 atom stereocenters. The van der Waals surface area contributed by atoms with E-state index in [1.165, 1.54) is 6.07 Å². The van der Waals surface area contributed by atoms with Crippen molar-refractivity contribution in [3.05, 3.63) is 45.7 Å². The van der Waals surface area contributed by atoms with Crippen LogP contribution >= 0.6 is 39.9 Å². The molecule has 1 aromatic carbocycles. The van der Waals surface area contributed by atoms with E-state index in [2.05, 4.69) is 48.6 Å². The molecule has 3 rings (SSSR count). The minimum Gasteiger partial charge on any atom is -0.357 e. The molecule has 9 heteroatoms. The summed E-state index contributed by atoms with van der Waals surface area (Å²) < 4.78 is 16.1. The topological polar surface area (TPSA) is 67.1 Å². The minimum atomic E-state index is -0.270. The Bertz CT molecular complexity index is 794. The number of hydrogen-bond acceptors (Lipinski definition) is 3. The summed E-state index contributed by atoms with van der Waals surface area (Å²) in [5.74, 6) is 2.43. The van der Waals surface area contributed by atoms with E-state index in [1.807, 2.05) is 17.7 Å². The molecule has 1 aliphatic rings. The first-order chi connectivity index (χ1) is 12.6. The number of halogens is 3. The van der Waals surface area contributed by atoms with Crippen LogP contribution in [0.15, 0.2) is 27.7 Å². The summed E-state index contributed by atoms with van der Waals surface area (Å²) in [6, 6.07) is 5.33.